The van der Waals surface area contributed by atoms with Crippen molar-refractivity contribution in [3.05, 3.63) is 77.9 Å². The molecule has 4 N–H and O–H groups in total. The van der Waals surface area contributed by atoms with Crippen LogP contribution in [0.3, 0.4) is 0 Å². The Bertz CT molecular complexity index is 1060. The highest BCUT2D eigenvalue weighted by atomic mass is 19.1. The molecule has 3 rings (SSSR count). The third-order valence-electron chi connectivity index (χ3n) is 4.73. The van der Waals surface area contributed by atoms with Crippen molar-refractivity contribution in [2.75, 3.05) is 29.5 Å². The summed E-state index contributed by atoms with van der Waals surface area (Å²) in [5, 5.41) is 5.83. The number of halogens is 1. The molecular weight excluding hydrogens is 397 g/mol. The number of aromatic nitrogens is 1. The molecule has 160 valence electrons. The average Bonchev–Trinajstić information content (AvgIpc) is 2.78. The first kappa shape index (κ1) is 21.8. The first-order chi connectivity index (χ1) is 14.9. The van der Waals surface area contributed by atoms with Gasteiger partial charge in [-0.25, -0.2) is 9.37 Å². The van der Waals surface area contributed by atoms with Crippen LogP contribution in [0.2, 0.25) is 0 Å². The second-order valence-electron chi connectivity index (χ2n) is 6.80. The van der Waals surface area contributed by atoms with Gasteiger partial charge in [0.15, 0.2) is 0 Å². The summed E-state index contributed by atoms with van der Waals surface area (Å²) in [4.78, 5) is 30.8. The number of nitrogens with zero attached hydrogens (tertiary/aromatic N) is 2. The van der Waals surface area contributed by atoms with Crippen LogP contribution in [0.25, 0.3) is 0 Å². The lowest BCUT2D eigenvalue weighted by atomic mass is 10.1. The van der Waals surface area contributed by atoms with Gasteiger partial charge < -0.3 is 21.3 Å². The molecule has 0 fully saturated rings. The molecular formula is C23H24FN5O2. The van der Waals surface area contributed by atoms with Crippen LogP contribution in [-0.2, 0) is 0 Å². The number of amides is 2. The van der Waals surface area contributed by atoms with Gasteiger partial charge in [0.25, 0.3) is 11.8 Å². The fourth-order valence-corrected chi connectivity index (χ4v) is 2.96. The van der Waals surface area contributed by atoms with E-state index in [1.165, 1.54) is 18.3 Å². The van der Waals surface area contributed by atoms with Crippen LogP contribution < -0.4 is 16.4 Å². The Hall–Kier alpha value is -3.94. The standard InChI is InChI=1S/C23H24FN5O2/c1-3-29(4-2)23(31)20-12-10-18(14-26-20)28-22(30)15-5-11-19(25)21(13-15)27-17-8-6-16(24)7-9-17/h5-14,27H,3-4,25H2,1-2H3,(H,28,30). The van der Waals surface area contributed by atoms with Crippen molar-refractivity contribution in [1.29, 1.82) is 0 Å². The zero-order valence-corrected chi connectivity index (χ0v) is 17.4. The summed E-state index contributed by atoms with van der Waals surface area (Å²) in [6.45, 7) is 5.01. The number of nitrogen functional groups attached to an aromatic ring is 1. The van der Waals surface area contributed by atoms with Gasteiger partial charge in [-0.05, 0) is 68.4 Å². The van der Waals surface area contributed by atoms with Crippen molar-refractivity contribution in [2.45, 2.75) is 13.8 Å². The number of carbonyl (C=O) groups is 2. The van der Waals surface area contributed by atoms with Crippen molar-refractivity contribution in [3.8, 4) is 0 Å². The fourth-order valence-electron chi connectivity index (χ4n) is 2.96. The fraction of sp³-hybridized carbons (Fsp3) is 0.174. The van der Waals surface area contributed by atoms with E-state index in [0.717, 1.165) is 0 Å². The average molecular weight is 421 g/mol. The van der Waals surface area contributed by atoms with Gasteiger partial charge in [-0.15, -0.1) is 0 Å². The number of carbonyl (C=O) groups excluding carboxylic acids is 2. The van der Waals surface area contributed by atoms with Gasteiger partial charge in [0.05, 0.1) is 23.3 Å². The van der Waals surface area contributed by atoms with E-state index in [1.54, 1.807) is 47.4 Å². The normalized spacial score (nSPS) is 10.4. The Labute approximate surface area is 180 Å². The first-order valence-corrected chi connectivity index (χ1v) is 9.90. The summed E-state index contributed by atoms with van der Waals surface area (Å²) in [5.74, 6) is -0.852. The monoisotopic (exact) mass is 421 g/mol. The van der Waals surface area contributed by atoms with E-state index in [0.29, 0.717) is 47.1 Å². The summed E-state index contributed by atoms with van der Waals surface area (Å²) in [5.41, 5.74) is 8.77. The predicted octanol–water partition coefficient (Wildman–Crippen LogP) is 4.28. The summed E-state index contributed by atoms with van der Waals surface area (Å²) >= 11 is 0. The Kier molecular flexibility index (Phi) is 6.81. The van der Waals surface area contributed by atoms with Crippen LogP contribution >= 0.6 is 0 Å². The predicted molar refractivity (Wildman–Crippen MR) is 120 cm³/mol. The van der Waals surface area contributed by atoms with E-state index in [1.807, 2.05) is 13.8 Å². The minimum atomic E-state index is -0.355. The van der Waals surface area contributed by atoms with Crippen molar-refractivity contribution in [1.82, 2.24) is 9.88 Å². The topological polar surface area (TPSA) is 100 Å². The molecule has 1 heterocycles. The molecule has 0 aliphatic rings. The zero-order valence-electron chi connectivity index (χ0n) is 17.4. The smallest absolute Gasteiger partial charge is 0.272 e. The number of anilines is 4. The van der Waals surface area contributed by atoms with Gasteiger partial charge in [-0.3, -0.25) is 9.59 Å². The molecule has 0 aliphatic heterocycles. The lowest BCUT2D eigenvalue weighted by Gasteiger charge is -2.18. The number of pyridine rings is 1. The first-order valence-electron chi connectivity index (χ1n) is 9.90. The molecule has 2 amide bonds. The van der Waals surface area contributed by atoms with Crippen LogP contribution in [0.5, 0.6) is 0 Å². The number of benzene rings is 2. The lowest BCUT2D eigenvalue weighted by molar-refractivity contribution is 0.0767. The van der Waals surface area contributed by atoms with E-state index in [2.05, 4.69) is 15.6 Å². The molecule has 2 aromatic carbocycles. The molecule has 0 radical (unpaired) electrons. The van der Waals surface area contributed by atoms with Crippen molar-refractivity contribution in [3.63, 3.8) is 0 Å². The summed E-state index contributed by atoms with van der Waals surface area (Å²) < 4.78 is 13.1. The molecule has 0 spiro atoms. The summed E-state index contributed by atoms with van der Waals surface area (Å²) in [7, 11) is 0. The lowest BCUT2D eigenvalue weighted by Crippen LogP contribution is -2.31. The summed E-state index contributed by atoms with van der Waals surface area (Å²) in [6, 6.07) is 13.9. The second-order valence-corrected chi connectivity index (χ2v) is 6.80. The van der Waals surface area contributed by atoms with Crippen LogP contribution in [-0.4, -0.2) is 34.8 Å². The number of nitrogens with two attached hydrogens (primary N) is 1. The van der Waals surface area contributed by atoms with E-state index < -0.39 is 0 Å². The highest BCUT2D eigenvalue weighted by Gasteiger charge is 2.14. The van der Waals surface area contributed by atoms with E-state index >= 15 is 0 Å². The third-order valence-corrected chi connectivity index (χ3v) is 4.73. The van der Waals surface area contributed by atoms with E-state index in [-0.39, 0.29) is 17.6 Å². The van der Waals surface area contributed by atoms with Crippen molar-refractivity contribution < 1.29 is 14.0 Å². The molecule has 31 heavy (non-hydrogen) atoms. The highest BCUT2D eigenvalue weighted by molar-refractivity contribution is 6.05. The molecule has 1 aromatic heterocycles. The Morgan fingerprint density at radius 2 is 1.68 bits per heavy atom. The van der Waals surface area contributed by atoms with Crippen molar-refractivity contribution >= 4 is 34.6 Å². The molecule has 0 saturated carbocycles. The molecule has 8 heteroatoms. The molecule has 0 bridgehead atoms. The Morgan fingerprint density at radius 3 is 2.29 bits per heavy atom. The number of rotatable bonds is 7. The third kappa shape index (κ3) is 5.36. The van der Waals surface area contributed by atoms with Gasteiger partial charge in [0.2, 0.25) is 0 Å². The quantitative estimate of drug-likeness (QED) is 0.495. The maximum absolute atomic E-state index is 13.1. The minimum absolute atomic E-state index is 0.155. The van der Waals surface area contributed by atoms with Gasteiger partial charge in [-0.1, -0.05) is 0 Å². The van der Waals surface area contributed by atoms with Gasteiger partial charge in [0.1, 0.15) is 11.5 Å². The van der Waals surface area contributed by atoms with Crippen molar-refractivity contribution in [2.24, 2.45) is 0 Å². The Morgan fingerprint density at radius 1 is 1.00 bits per heavy atom. The molecule has 0 aliphatic carbocycles. The number of hydrogen-bond donors (Lipinski definition) is 3. The number of nitrogens with one attached hydrogen (secondary N) is 2. The molecule has 0 unspecified atom stereocenters. The maximum atomic E-state index is 13.1. The Balaban J connectivity index is 1.71. The van der Waals surface area contributed by atoms with Crippen LogP contribution in [0.1, 0.15) is 34.7 Å². The molecule has 7 nitrogen and oxygen atoms in total. The molecule has 0 atom stereocenters. The largest absolute Gasteiger partial charge is 0.397 e. The summed E-state index contributed by atoms with van der Waals surface area (Å²) in [6.07, 6.45) is 1.45. The second kappa shape index (κ2) is 9.71. The SMILES string of the molecule is CCN(CC)C(=O)c1ccc(NC(=O)c2ccc(N)c(Nc3ccc(F)cc3)c2)cn1. The van der Waals surface area contributed by atoms with Crippen LogP contribution in [0.4, 0.5) is 27.1 Å². The van der Waals surface area contributed by atoms with E-state index in [4.69, 9.17) is 5.73 Å². The van der Waals surface area contributed by atoms with Gasteiger partial charge >= 0.3 is 0 Å². The van der Waals surface area contributed by atoms with Gasteiger partial charge in [-0.2, -0.15) is 0 Å². The molecule has 0 saturated heterocycles. The van der Waals surface area contributed by atoms with Crippen LogP contribution in [0.15, 0.2) is 60.8 Å². The van der Waals surface area contributed by atoms with Crippen LogP contribution in [0, 0.1) is 5.82 Å². The minimum Gasteiger partial charge on any atom is -0.397 e. The molecule has 3 aromatic rings. The highest BCUT2D eigenvalue weighted by Crippen LogP contribution is 2.25. The zero-order chi connectivity index (χ0) is 22.4. The maximum Gasteiger partial charge on any atom is 0.272 e. The number of hydrogen-bond acceptors (Lipinski definition) is 5. The van der Waals surface area contributed by atoms with E-state index in [9.17, 15) is 14.0 Å². The van der Waals surface area contributed by atoms with Gasteiger partial charge in [0, 0.05) is 24.3 Å².